The molecule has 2 atom stereocenters. The average Bonchev–Trinajstić information content (AvgIpc) is 2.51. The van der Waals surface area contributed by atoms with Crippen LogP contribution >= 0.6 is 0 Å². The van der Waals surface area contributed by atoms with Crippen LogP contribution in [-0.4, -0.2) is 42.8 Å². The number of rotatable bonds is 14. The van der Waals surface area contributed by atoms with Gasteiger partial charge in [0.25, 0.3) is 0 Å². The van der Waals surface area contributed by atoms with Crippen LogP contribution in [0.2, 0.25) is 11.1 Å². The second-order valence-electron chi connectivity index (χ2n) is 11.7. The van der Waals surface area contributed by atoms with Crippen molar-refractivity contribution in [2.75, 3.05) is 13.2 Å². The zero-order chi connectivity index (χ0) is 23.3. The molecule has 0 aliphatic carbocycles. The van der Waals surface area contributed by atoms with Crippen molar-refractivity contribution in [1.82, 2.24) is 0 Å². The molecule has 0 heterocycles. The summed E-state index contributed by atoms with van der Waals surface area (Å²) in [6, 6.07) is 0. The van der Waals surface area contributed by atoms with Gasteiger partial charge in [-0.2, -0.15) is 0 Å². The number of hydrogen-bond acceptors (Lipinski definition) is 4. The molecule has 5 heteroatoms. The molecular formula is C24H54N2O2Si. The molecule has 0 spiro atoms. The van der Waals surface area contributed by atoms with Crippen LogP contribution in [0.25, 0.3) is 0 Å². The fraction of sp³-hybridized carbons (Fsp3) is 1.00. The summed E-state index contributed by atoms with van der Waals surface area (Å²) in [5.74, 6) is 0. The fourth-order valence-electron chi connectivity index (χ4n) is 5.61. The molecule has 2 unspecified atom stereocenters. The summed E-state index contributed by atoms with van der Waals surface area (Å²) in [6.07, 6.45) is 3.98. The van der Waals surface area contributed by atoms with Crippen molar-refractivity contribution < 1.29 is 9.47 Å². The van der Waals surface area contributed by atoms with Gasteiger partial charge in [0.05, 0.1) is 10.4 Å². The van der Waals surface area contributed by atoms with Crippen LogP contribution in [0.1, 0.15) is 109 Å². The van der Waals surface area contributed by atoms with Gasteiger partial charge in [0, 0.05) is 24.3 Å². The van der Waals surface area contributed by atoms with Gasteiger partial charge in [0.1, 0.15) is 8.07 Å². The Hall–Kier alpha value is 0.0569. The first-order valence-electron chi connectivity index (χ1n) is 11.7. The lowest BCUT2D eigenvalue weighted by atomic mass is 10.0. The van der Waals surface area contributed by atoms with Crippen molar-refractivity contribution in [3.05, 3.63) is 0 Å². The minimum Gasteiger partial charge on any atom is -0.379 e. The van der Waals surface area contributed by atoms with Gasteiger partial charge in [-0.05, 0) is 79.3 Å². The van der Waals surface area contributed by atoms with Crippen molar-refractivity contribution >= 4 is 8.07 Å². The van der Waals surface area contributed by atoms with Crippen LogP contribution in [0.15, 0.2) is 0 Å². The zero-order valence-electron chi connectivity index (χ0n) is 21.9. The molecule has 0 fully saturated rings. The third-order valence-electron chi connectivity index (χ3n) is 7.19. The standard InChI is InChI=1S/C24H54N2O2Si/c1-13-19(3)29(20(4)14-2,23(9,10)27-17-15-21(5,6)25)24(11,12)28-18-16-22(7,8)26/h19-20H,13-18,25-26H2,1-12H3. The van der Waals surface area contributed by atoms with E-state index < -0.39 is 8.07 Å². The van der Waals surface area contributed by atoms with Crippen molar-refractivity contribution in [3.8, 4) is 0 Å². The molecule has 4 N–H and O–H groups in total. The van der Waals surface area contributed by atoms with E-state index in [1.807, 2.05) is 0 Å². The van der Waals surface area contributed by atoms with Crippen LogP contribution in [0.3, 0.4) is 0 Å². The second-order valence-corrected chi connectivity index (χ2v) is 17.8. The third-order valence-corrected chi connectivity index (χ3v) is 15.4. The largest absolute Gasteiger partial charge is 0.379 e. The van der Waals surface area contributed by atoms with E-state index >= 15 is 0 Å². The first-order chi connectivity index (χ1) is 12.9. The zero-order valence-corrected chi connectivity index (χ0v) is 22.9. The third kappa shape index (κ3) is 7.60. The maximum atomic E-state index is 6.73. The molecular weight excluding hydrogens is 376 g/mol. The average molecular weight is 431 g/mol. The first-order valence-corrected chi connectivity index (χ1v) is 13.9. The Labute approximate surface area is 183 Å². The molecule has 0 amide bonds. The van der Waals surface area contributed by atoms with Crippen LogP contribution in [0.4, 0.5) is 0 Å². The number of hydrogen-bond donors (Lipinski definition) is 2. The Kier molecular flexibility index (Phi) is 10.6. The van der Waals surface area contributed by atoms with Gasteiger partial charge in [-0.15, -0.1) is 0 Å². The number of ether oxygens (including phenoxy) is 2. The van der Waals surface area contributed by atoms with E-state index in [-0.39, 0.29) is 21.5 Å². The summed E-state index contributed by atoms with van der Waals surface area (Å²) < 4.78 is 13.5. The predicted molar refractivity (Wildman–Crippen MR) is 131 cm³/mol. The van der Waals surface area contributed by atoms with Crippen LogP contribution in [0, 0.1) is 0 Å². The van der Waals surface area contributed by atoms with Crippen molar-refractivity contribution in [2.24, 2.45) is 11.5 Å². The van der Waals surface area contributed by atoms with Gasteiger partial charge in [0.2, 0.25) is 0 Å². The maximum absolute atomic E-state index is 6.73. The van der Waals surface area contributed by atoms with E-state index in [2.05, 4.69) is 83.1 Å². The van der Waals surface area contributed by atoms with E-state index in [0.717, 1.165) is 25.7 Å². The van der Waals surface area contributed by atoms with E-state index in [1.54, 1.807) is 0 Å². The van der Waals surface area contributed by atoms with E-state index in [0.29, 0.717) is 24.3 Å². The normalized spacial score (nSPS) is 16.8. The summed E-state index contributed by atoms with van der Waals surface area (Å²) in [4.78, 5) is 0. The molecule has 0 bridgehead atoms. The molecule has 0 aromatic rings. The van der Waals surface area contributed by atoms with E-state index in [1.165, 1.54) is 0 Å². The predicted octanol–water partition coefficient (Wildman–Crippen LogP) is 5.96. The van der Waals surface area contributed by atoms with Gasteiger partial charge < -0.3 is 20.9 Å². The van der Waals surface area contributed by atoms with Gasteiger partial charge >= 0.3 is 0 Å². The summed E-state index contributed by atoms with van der Waals surface area (Å²) in [5, 5.41) is -0.463. The fourth-order valence-corrected chi connectivity index (χ4v) is 14.7. The van der Waals surface area contributed by atoms with Crippen molar-refractivity contribution in [3.63, 3.8) is 0 Å². The van der Waals surface area contributed by atoms with Gasteiger partial charge in [0.15, 0.2) is 0 Å². The maximum Gasteiger partial charge on any atom is 0.132 e. The molecule has 0 aromatic carbocycles. The molecule has 0 aromatic heterocycles. The smallest absolute Gasteiger partial charge is 0.132 e. The molecule has 0 aliphatic heterocycles. The molecule has 176 valence electrons. The highest BCUT2D eigenvalue weighted by Gasteiger charge is 2.63. The Morgan fingerprint density at radius 2 is 0.931 bits per heavy atom. The summed E-state index contributed by atoms with van der Waals surface area (Å²) in [5.41, 5.74) is 13.2. The molecule has 4 nitrogen and oxygen atoms in total. The lowest BCUT2D eigenvalue weighted by Crippen LogP contribution is -2.73. The lowest BCUT2D eigenvalue weighted by molar-refractivity contribution is -0.0158. The van der Waals surface area contributed by atoms with E-state index in [9.17, 15) is 0 Å². The van der Waals surface area contributed by atoms with Gasteiger partial charge in [-0.1, -0.05) is 40.5 Å². The Morgan fingerprint density at radius 1 is 0.655 bits per heavy atom. The minimum atomic E-state index is -2.18. The van der Waals surface area contributed by atoms with Crippen molar-refractivity contribution in [2.45, 2.75) is 141 Å². The van der Waals surface area contributed by atoms with Gasteiger partial charge in [-0.25, -0.2) is 0 Å². The van der Waals surface area contributed by atoms with Crippen LogP contribution in [-0.2, 0) is 9.47 Å². The monoisotopic (exact) mass is 430 g/mol. The lowest BCUT2D eigenvalue weighted by Gasteiger charge is -2.59. The summed E-state index contributed by atoms with van der Waals surface area (Å²) in [7, 11) is -2.18. The Morgan fingerprint density at radius 3 is 1.14 bits per heavy atom. The van der Waals surface area contributed by atoms with Crippen LogP contribution in [0.5, 0.6) is 0 Å². The van der Waals surface area contributed by atoms with Crippen molar-refractivity contribution in [1.29, 1.82) is 0 Å². The van der Waals surface area contributed by atoms with Gasteiger partial charge in [-0.3, -0.25) is 0 Å². The SMILES string of the molecule is CCC(C)[Si](C(C)CC)(C(C)(C)OCCC(C)(C)N)C(C)(C)OCCC(C)(C)N. The second kappa shape index (κ2) is 10.6. The molecule has 0 radical (unpaired) electrons. The topological polar surface area (TPSA) is 70.5 Å². The highest BCUT2D eigenvalue weighted by Crippen LogP contribution is 2.53. The molecule has 0 saturated heterocycles. The molecule has 0 saturated carbocycles. The first kappa shape index (κ1) is 29.1. The minimum absolute atomic E-state index is 0.217. The molecule has 0 rings (SSSR count). The van der Waals surface area contributed by atoms with E-state index in [4.69, 9.17) is 20.9 Å². The Bertz CT molecular complexity index is 434. The molecule has 0 aliphatic rings. The summed E-state index contributed by atoms with van der Waals surface area (Å²) >= 11 is 0. The quantitative estimate of drug-likeness (QED) is 0.334. The van der Waals surface area contributed by atoms with Crippen LogP contribution < -0.4 is 11.5 Å². The highest BCUT2D eigenvalue weighted by molar-refractivity contribution is 6.87. The Balaban J connectivity index is 6.09. The summed E-state index contributed by atoms with van der Waals surface area (Å²) in [6.45, 7) is 28.4. The highest BCUT2D eigenvalue weighted by atomic mass is 28.3. The number of nitrogens with two attached hydrogens (primary N) is 2. The molecule has 29 heavy (non-hydrogen) atoms.